The number of pyridine rings is 1. The van der Waals surface area contributed by atoms with Gasteiger partial charge in [-0.1, -0.05) is 30.7 Å². The monoisotopic (exact) mass is 869 g/mol. The number of nitrogens with one attached hydrogen (secondary N) is 3. The van der Waals surface area contributed by atoms with Crippen molar-refractivity contribution in [3.05, 3.63) is 63.7 Å². The first kappa shape index (κ1) is 40.5. The van der Waals surface area contributed by atoms with Crippen LogP contribution < -0.4 is 36.0 Å². The fourth-order valence-corrected chi connectivity index (χ4v) is 10.1. The Kier molecular flexibility index (Phi) is 10.2. The Balaban J connectivity index is 0.791. The number of carbonyl (C=O) groups is 2. The number of carbonyl (C=O) groups excluding carboxylic acids is 2. The molecule has 4 atom stereocenters. The molecule has 4 aliphatic heterocycles. The van der Waals surface area contributed by atoms with E-state index < -0.39 is 30.0 Å². The summed E-state index contributed by atoms with van der Waals surface area (Å²) in [7, 11) is 3.53. The number of amides is 2. The number of imide groups is 1. The highest BCUT2D eigenvalue weighted by atomic mass is 35.5. The molecule has 3 aromatic heterocycles. The van der Waals surface area contributed by atoms with Crippen LogP contribution in [0.5, 0.6) is 5.75 Å². The van der Waals surface area contributed by atoms with E-state index in [0.29, 0.717) is 70.9 Å². The second-order valence-corrected chi connectivity index (χ2v) is 18.2. The molecule has 5 aliphatic rings. The Bertz CT molecular complexity index is 2660. The molecule has 3 N–H and O–H groups in total. The molecule has 1 saturated carbocycles. The Hall–Kier alpha value is -5.55. The molecule has 326 valence electrons. The van der Waals surface area contributed by atoms with Crippen LogP contribution in [0.25, 0.3) is 21.8 Å². The highest BCUT2D eigenvalue weighted by Gasteiger charge is 2.51. The minimum atomic E-state index is -3.13. The van der Waals surface area contributed by atoms with Crippen molar-refractivity contribution in [1.29, 1.82) is 0 Å². The summed E-state index contributed by atoms with van der Waals surface area (Å²) < 4.78 is 39.2. The fourth-order valence-electron chi connectivity index (χ4n) is 9.98. The largest absolute Gasteiger partial charge is 0.480 e. The van der Waals surface area contributed by atoms with E-state index >= 15 is 8.78 Å². The number of anilines is 5. The fraction of sp³-hybridized carbons (Fsp3) is 0.500. The van der Waals surface area contributed by atoms with Crippen molar-refractivity contribution in [3.63, 3.8) is 0 Å². The van der Waals surface area contributed by atoms with Crippen LogP contribution in [0.3, 0.4) is 0 Å². The van der Waals surface area contributed by atoms with Crippen molar-refractivity contribution in [2.75, 3.05) is 72.9 Å². The van der Waals surface area contributed by atoms with Crippen molar-refractivity contribution in [2.24, 2.45) is 31.8 Å². The standard InChI is InChI=1S/C44H50ClF2N11O4/c1-24-21-58(14-13-26(24)22-56-15-17-57(18-16-56)33-6-4-5-28-35(53-55(3)37(28)33)29-10-12-34(59)50-41(29)60)43-48-20-31(45)40(52-43)49-27-9-11-32-30(19-27)36-38(42(61)54(32)2)62-23-44(46,47)39(51-36)25-7-8-25/h4-6,9,11,19-20,24-26,29,39,51H,7-8,10,12-18,21-23H2,1-3H3,(H,48,49,52)(H,50,59,60)/t24-,26+,29?,39?/m1/s1. The number of nitrogens with zero attached hydrogens (tertiary/aromatic N) is 8. The van der Waals surface area contributed by atoms with Gasteiger partial charge in [-0.2, -0.15) is 10.1 Å². The summed E-state index contributed by atoms with van der Waals surface area (Å²) in [6, 6.07) is 10.5. The smallest absolute Gasteiger partial charge is 0.301 e. The van der Waals surface area contributed by atoms with Gasteiger partial charge in [0, 0.05) is 82.8 Å². The Morgan fingerprint density at radius 2 is 1.79 bits per heavy atom. The third-order valence-electron chi connectivity index (χ3n) is 13.6. The van der Waals surface area contributed by atoms with E-state index in [0.717, 1.165) is 74.5 Å². The lowest BCUT2D eigenvalue weighted by Crippen LogP contribution is -2.50. The van der Waals surface area contributed by atoms with E-state index in [1.165, 1.54) is 4.57 Å². The molecular formula is C44H50ClF2N11O4. The summed E-state index contributed by atoms with van der Waals surface area (Å²) >= 11 is 6.66. The normalized spacial score (nSPS) is 24.4. The molecule has 2 aromatic carbocycles. The zero-order chi connectivity index (χ0) is 43.0. The van der Waals surface area contributed by atoms with Crippen LogP contribution in [0.4, 0.5) is 37.6 Å². The molecule has 18 heteroatoms. The summed E-state index contributed by atoms with van der Waals surface area (Å²) in [6.07, 6.45) is 4.76. The number of ether oxygens (including phenoxy) is 1. The van der Waals surface area contributed by atoms with Gasteiger partial charge in [0.15, 0.2) is 12.4 Å². The van der Waals surface area contributed by atoms with E-state index in [4.69, 9.17) is 26.4 Å². The van der Waals surface area contributed by atoms with Crippen LogP contribution in [0.2, 0.25) is 5.02 Å². The second-order valence-electron chi connectivity index (χ2n) is 17.7. The molecule has 1 aliphatic carbocycles. The highest BCUT2D eigenvalue weighted by molar-refractivity contribution is 6.33. The lowest BCUT2D eigenvalue weighted by atomic mass is 9.86. The molecule has 0 bridgehead atoms. The first-order valence-corrected chi connectivity index (χ1v) is 22.0. The molecule has 2 amide bonds. The maximum Gasteiger partial charge on any atom is 0.301 e. The van der Waals surface area contributed by atoms with Gasteiger partial charge in [0.25, 0.3) is 5.56 Å². The lowest BCUT2D eigenvalue weighted by molar-refractivity contribution is -0.134. The van der Waals surface area contributed by atoms with Gasteiger partial charge in [-0.25, -0.2) is 13.8 Å². The van der Waals surface area contributed by atoms with Crippen molar-refractivity contribution >= 4 is 74.0 Å². The number of benzene rings is 2. The number of piperidine rings is 2. The SMILES string of the molecule is C[C@@H]1CN(c2ncc(Cl)c(Nc3ccc4c(c3)c3c(c(=O)n4C)OCC(F)(F)C(C4CC4)N3)n2)CC[C@H]1CN1CCN(c2cccc3c(C4CCC(=O)NC4=O)nn(C)c23)CC1. The number of alkyl halides is 2. The predicted molar refractivity (Wildman–Crippen MR) is 234 cm³/mol. The topological polar surface area (TPSA) is 155 Å². The van der Waals surface area contributed by atoms with E-state index in [-0.39, 0.29) is 29.2 Å². The van der Waals surface area contributed by atoms with Crippen molar-refractivity contribution in [1.82, 2.24) is 34.5 Å². The number of halogens is 3. The quantitative estimate of drug-likeness (QED) is 0.166. The molecule has 5 aromatic rings. The summed E-state index contributed by atoms with van der Waals surface area (Å²) in [5, 5.41) is 15.5. The number of aryl methyl sites for hydroxylation is 2. The number of fused-ring (bicyclic) bond motifs is 4. The summed E-state index contributed by atoms with van der Waals surface area (Å²) in [4.78, 5) is 54.5. The Labute approximate surface area is 361 Å². The van der Waals surface area contributed by atoms with Gasteiger partial charge < -0.3 is 29.7 Å². The Morgan fingerprint density at radius 3 is 2.55 bits per heavy atom. The van der Waals surface area contributed by atoms with Crippen molar-refractivity contribution in [2.45, 2.75) is 56.9 Å². The minimum absolute atomic E-state index is 0.107. The van der Waals surface area contributed by atoms with Gasteiger partial charge in [0.1, 0.15) is 5.02 Å². The number of hydrogen-bond acceptors (Lipinski definition) is 12. The molecule has 7 heterocycles. The molecule has 4 fully saturated rings. The molecule has 2 unspecified atom stereocenters. The lowest BCUT2D eigenvalue weighted by Gasteiger charge is -2.42. The maximum atomic E-state index is 15.2. The zero-order valence-corrected chi connectivity index (χ0v) is 35.7. The third-order valence-corrected chi connectivity index (χ3v) is 13.9. The van der Waals surface area contributed by atoms with Gasteiger partial charge in [0.05, 0.1) is 46.3 Å². The first-order valence-electron chi connectivity index (χ1n) is 21.6. The van der Waals surface area contributed by atoms with E-state index in [2.05, 4.69) is 48.6 Å². The maximum absolute atomic E-state index is 15.2. The van der Waals surface area contributed by atoms with E-state index in [1.54, 1.807) is 19.3 Å². The van der Waals surface area contributed by atoms with E-state index in [9.17, 15) is 14.4 Å². The second kappa shape index (κ2) is 15.7. The molecular weight excluding hydrogens is 820 g/mol. The summed E-state index contributed by atoms with van der Waals surface area (Å²) in [6.45, 7) is 7.63. The zero-order valence-electron chi connectivity index (χ0n) is 35.0. The van der Waals surface area contributed by atoms with Gasteiger partial charge in [-0.3, -0.25) is 29.3 Å². The predicted octanol–water partition coefficient (Wildman–Crippen LogP) is 5.64. The van der Waals surface area contributed by atoms with Gasteiger partial charge in [-0.05, 0) is 67.7 Å². The first-order chi connectivity index (χ1) is 29.8. The average Bonchev–Trinajstić information content (AvgIpc) is 4.06. The highest BCUT2D eigenvalue weighted by Crippen LogP contribution is 2.46. The van der Waals surface area contributed by atoms with Crippen LogP contribution in [0.1, 0.15) is 50.6 Å². The number of aromatic nitrogens is 5. The third kappa shape index (κ3) is 7.35. The van der Waals surface area contributed by atoms with Crippen LogP contribution >= 0.6 is 11.6 Å². The van der Waals surface area contributed by atoms with Crippen molar-refractivity contribution < 1.29 is 23.1 Å². The average molecular weight is 870 g/mol. The molecule has 0 radical (unpaired) electrons. The number of para-hydroxylation sites is 1. The van der Waals surface area contributed by atoms with Gasteiger partial charge >= 0.3 is 5.92 Å². The summed E-state index contributed by atoms with van der Waals surface area (Å²) in [5.41, 5.74) is 3.84. The van der Waals surface area contributed by atoms with Crippen LogP contribution in [-0.2, 0) is 23.7 Å². The van der Waals surface area contributed by atoms with Gasteiger partial charge in [-0.15, -0.1) is 0 Å². The van der Waals surface area contributed by atoms with Gasteiger partial charge in [0.2, 0.25) is 23.5 Å². The molecule has 15 nitrogen and oxygen atoms in total. The molecule has 3 saturated heterocycles. The number of rotatable bonds is 8. The molecule has 10 rings (SSSR count). The summed E-state index contributed by atoms with van der Waals surface area (Å²) in [5.74, 6) is -2.50. The van der Waals surface area contributed by atoms with Crippen LogP contribution in [0.15, 0.2) is 47.4 Å². The molecule has 0 spiro atoms. The van der Waals surface area contributed by atoms with Crippen LogP contribution in [-0.4, -0.2) is 105 Å². The number of piperazine rings is 1. The van der Waals surface area contributed by atoms with Crippen LogP contribution in [0, 0.1) is 17.8 Å². The van der Waals surface area contributed by atoms with Crippen molar-refractivity contribution in [3.8, 4) is 5.75 Å². The minimum Gasteiger partial charge on any atom is -0.480 e. The molecule has 62 heavy (non-hydrogen) atoms. The Morgan fingerprint density at radius 1 is 0.984 bits per heavy atom. The van der Waals surface area contributed by atoms with E-state index in [1.807, 2.05) is 36.0 Å². The number of hydrogen-bond donors (Lipinski definition) is 3.